The van der Waals surface area contributed by atoms with Gasteiger partial charge in [0.1, 0.15) is 17.6 Å². The third-order valence-electron chi connectivity index (χ3n) is 5.88. The Labute approximate surface area is 175 Å². The molecule has 0 atom stereocenters. The number of anilines is 1. The van der Waals surface area contributed by atoms with Crippen LogP contribution in [0.1, 0.15) is 41.0 Å². The molecule has 1 saturated heterocycles. The topological polar surface area (TPSA) is 102 Å². The first kappa shape index (κ1) is 20.0. The van der Waals surface area contributed by atoms with Crippen LogP contribution in [-0.4, -0.2) is 47.9 Å². The number of pyridine rings is 1. The van der Waals surface area contributed by atoms with Crippen LogP contribution < -0.4 is 10.2 Å². The summed E-state index contributed by atoms with van der Waals surface area (Å²) >= 11 is 0. The molecule has 2 aliphatic rings. The first-order valence-corrected chi connectivity index (χ1v) is 10.4. The molecule has 0 unspecified atom stereocenters. The molecule has 4 rings (SSSR count). The van der Waals surface area contributed by atoms with Crippen LogP contribution in [0.5, 0.6) is 0 Å². The maximum absolute atomic E-state index is 12.5. The van der Waals surface area contributed by atoms with E-state index in [2.05, 4.69) is 16.3 Å². The Morgan fingerprint density at radius 3 is 2.60 bits per heavy atom. The fourth-order valence-electron chi connectivity index (χ4n) is 4.27. The Kier molecular flexibility index (Phi) is 5.70. The van der Waals surface area contributed by atoms with E-state index in [-0.39, 0.29) is 6.54 Å². The average Bonchev–Trinajstić information content (AvgIpc) is 3.31. The van der Waals surface area contributed by atoms with E-state index in [9.17, 15) is 14.9 Å². The highest BCUT2D eigenvalue weighted by atomic mass is 16.3. The second-order valence-electron chi connectivity index (χ2n) is 7.71. The van der Waals surface area contributed by atoms with Crippen molar-refractivity contribution in [3.63, 3.8) is 0 Å². The molecule has 2 amide bonds. The SMILES string of the molecule is Cc1nc(N2CCN(C(=O)C(=O)NCc3ccco3)CC2)c(C#N)c2c1CCCC2. The number of nitriles is 1. The van der Waals surface area contributed by atoms with Gasteiger partial charge in [0.25, 0.3) is 0 Å². The van der Waals surface area contributed by atoms with Gasteiger partial charge < -0.3 is 19.5 Å². The van der Waals surface area contributed by atoms with Crippen LogP contribution in [0, 0.1) is 18.3 Å². The Bertz CT molecular complexity index is 985. The Hall–Kier alpha value is -3.34. The normalized spacial score (nSPS) is 16.0. The van der Waals surface area contributed by atoms with Crippen LogP contribution in [0.4, 0.5) is 5.82 Å². The molecule has 1 fully saturated rings. The summed E-state index contributed by atoms with van der Waals surface area (Å²) in [5.74, 6) is 0.125. The molecule has 2 aromatic heterocycles. The largest absolute Gasteiger partial charge is 0.467 e. The summed E-state index contributed by atoms with van der Waals surface area (Å²) in [6.45, 7) is 4.10. The van der Waals surface area contributed by atoms with E-state index < -0.39 is 11.8 Å². The number of hydrogen-bond donors (Lipinski definition) is 1. The zero-order valence-electron chi connectivity index (χ0n) is 17.1. The molecule has 1 aliphatic heterocycles. The smallest absolute Gasteiger partial charge is 0.312 e. The number of nitrogens with one attached hydrogen (secondary N) is 1. The Morgan fingerprint density at radius 1 is 1.20 bits per heavy atom. The maximum Gasteiger partial charge on any atom is 0.312 e. The molecule has 1 aliphatic carbocycles. The summed E-state index contributed by atoms with van der Waals surface area (Å²) < 4.78 is 5.16. The molecular weight excluding hydrogens is 382 g/mol. The lowest BCUT2D eigenvalue weighted by Crippen LogP contribution is -2.53. The van der Waals surface area contributed by atoms with Crippen molar-refractivity contribution in [3.8, 4) is 6.07 Å². The van der Waals surface area contributed by atoms with Gasteiger partial charge in [0.05, 0.1) is 18.4 Å². The van der Waals surface area contributed by atoms with Crippen molar-refractivity contribution in [1.29, 1.82) is 5.26 Å². The minimum atomic E-state index is -0.639. The number of carbonyl (C=O) groups excluding carboxylic acids is 2. The van der Waals surface area contributed by atoms with Gasteiger partial charge in [-0.3, -0.25) is 9.59 Å². The summed E-state index contributed by atoms with van der Waals surface area (Å²) in [5, 5.41) is 12.4. The minimum Gasteiger partial charge on any atom is -0.467 e. The quantitative estimate of drug-likeness (QED) is 0.777. The molecular formula is C22H25N5O3. The second-order valence-corrected chi connectivity index (χ2v) is 7.71. The number of furan rings is 1. The van der Waals surface area contributed by atoms with Gasteiger partial charge in [-0.05, 0) is 55.9 Å². The van der Waals surface area contributed by atoms with Gasteiger partial charge >= 0.3 is 11.8 Å². The molecule has 30 heavy (non-hydrogen) atoms. The van der Waals surface area contributed by atoms with E-state index in [4.69, 9.17) is 9.40 Å². The second kappa shape index (κ2) is 8.57. The van der Waals surface area contributed by atoms with E-state index in [1.54, 1.807) is 17.0 Å². The zero-order valence-corrected chi connectivity index (χ0v) is 17.1. The molecule has 8 nitrogen and oxygen atoms in total. The number of carbonyl (C=O) groups is 2. The highest BCUT2D eigenvalue weighted by Crippen LogP contribution is 2.32. The van der Waals surface area contributed by atoms with E-state index in [0.29, 0.717) is 43.3 Å². The number of fused-ring (bicyclic) bond motifs is 1. The van der Waals surface area contributed by atoms with E-state index in [0.717, 1.165) is 36.9 Å². The summed E-state index contributed by atoms with van der Waals surface area (Å²) in [6, 6.07) is 5.84. The lowest BCUT2D eigenvalue weighted by molar-refractivity contribution is -0.146. The summed E-state index contributed by atoms with van der Waals surface area (Å²) in [5.41, 5.74) is 4.03. The van der Waals surface area contributed by atoms with Crippen molar-refractivity contribution in [3.05, 3.63) is 46.5 Å². The molecule has 0 bridgehead atoms. The first-order valence-electron chi connectivity index (χ1n) is 10.4. The molecule has 156 valence electrons. The lowest BCUT2D eigenvalue weighted by Gasteiger charge is -2.36. The van der Waals surface area contributed by atoms with E-state index in [1.807, 2.05) is 6.92 Å². The summed E-state index contributed by atoms with van der Waals surface area (Å²) in [6.07, 6.45) is 5.67. The van der Waals surface area contributed by atoms with Crippen LogP contribution >= 0.6 is 0 Å². The Balaban J connectivity index is 1.41. The Morgan fingerprint density at radius 2 is 1.93 bits per heavy atom. The third kappa shape index (κ3) is 3.88. The first-order chi connectivity index (χ1) is 14.6. The predicted molar refractivity (Wildman–Crippen MR) is 110 cm³/mol. The van der Waals surface area contributed by atoms with Crippen molar-refractivity contribution in [2.45, 2.75) is 39.2 Å². The number of rotatable bonds is 3. The highest BCUT2D eigenvalue weighted by molar-refractivity contribution is 6.35. The van der Waals surface area contributed by atoms with Gasteiger partial charge in [0.2, 0.25) is 0 Å². The van der Waals surface area contributed by atoms with Crippen molar-refractivity contribution in [1.82, 2.24) is 15.2 Å². The number of nitrogens with zero attached hydrogens (tertiary/aromatic N) is 4. The molecule has 3 heterocycles. The lowest BCUT2D eigenvalue weighted by atomic mass is 9.88. The summed E-state index contributed by atoms with van der Waals surface area (Å²) in [4.78, 5) is 33.0. The van der Waals surface area contributed by atoms with Gasteiger partial charge in [0.15, 0.2) is 0 Å². The van der Waals surface area contributed by atoms with Crippen LogP contribution in [0.15, 0.2) is 22.8 Å². The number of aromatic nitrogens is 1. The predicted octanol–water partition coefficient (Wildman–Crippen LogP) is 1.70. The van der Waals surface area contributed by atoms with Gasteiger partial charge in [-0.15, -0.1) is 0 Å². The number of amides is 2. The standard InChI is InChI=1S/C22H25N5O3/c1-15-17-6-2-3-7-18(17)19(13-23)20(25-15)26-8-10-27(11-9-26)22(29)21(28)24-14-16-5-4-12-30-16/h4-5,12H,2-3,6-11,14H2,1H3,(H,24,28). The van der Waals surface area contributed by atoms with Crippen LogP contribution in [-0.2, 0) is 29.0 Å². The molecule has 1 N–H and O–H groups in total. The van der Waals surface area contributed by atoms with Crippen LogP contribution in [0.3, 0.4) is 0 Å². The van der Waals surface area contributed by atoms with Crippen molar-refractivity contribution < 1.29 is 14.0 Å². The maximum atomic E-state index is 12.5. The van der Waals surface area contributed by atoms with Crippen molar-refractivity contribution in [2.24, 2.45) is 0 Å². The van der Waals surface area contributed by atoms with Crippen LogP contribution in [0.2, 0.25) is 0 Å². The monoisotopic (exact) mass is 407 g/mol. The van der Waals surface area contributed by atoms with E-state index >= 15 is 0 Å². The van der Waals surface area contributed by atoms with Crippen molar-refractivity contribution in [2.75, 3.05) is 31.1 Å². The fraction of sp³-hybridized carbons (Fsp3) is 0.455. The van der Waals surface area contributed by atoms with Crippen molar-refractivity contribution >= 4 is 17.6 Å². The number of hydrogen-bond acceptors (Lipinski definition) is 6. The molecule has 0 spiro atoms. The number of aryl methyl sites for hydroxylation is 1. The molecule has 2 aromatic rings. The zero-order chi connectivity index (χ0) is 21.1. The van der Waals surface area contributed by atoms with Gasteiger partial charge in [-0.25, -0.2) is 4.98 Å². The molecule has 8 heteroatoms. The summed E-state index contributed by atoms with van der Waals surface area (Å²) in [7, 11) is 0. The molecule has 0 saturated carbocycles. The van der Waals surface area contributed by atoms with Crippen LogP contribution in [0.25, 0.3) is 0 Å². The minimum absolute atomic E-state index is 0.182. The molecule has 0 radical (unpaired) electrons. The fourth-order valence-corrected chi connectivity index (χ4v) is 4.27. The van der Waals surface area contributed by atoms with E-state index in [1.165, 1.54) is 11.8 Å². The van der Waals surface area contributed by atoms with Gasteiger partial charge in [-0.1, -0.05) is 0 Å². The number of piperazine rings is 1. The van der Waals surface area contributed by atoms with Gasteiger partial charge in [0, 0.05) is 31.9 Å². The third-order valence-corrected chi connectivity index (χ3v) is 5.88. The molecule has 0 aromatic carbocycles. The highest BCUT2D eigenvalue weighted by Gasteiger charge is 2.29. The van der Waals surface area contributed by atoms with Gasteiger partial charge in [-0.2, -0.15) is 5.26 Å². The average molecular weight is 407 g/mol.